The number of methoxy groups -OCH3 is 1. The van der Waals surface area contributed by atoms with E-state index in [0.717, 1.165) is 11.3 Å². The van der Waals surface area contributed by atoms with Crippen LogP contribution in [0.1, 0.15) is 24.3 Å². The lowest BCUT2D eigenvalue weighted by molar-refractivity contribution is -0.115. The van der Waals surface area contributed by atoms with Crippen LogP contribution in [0.2, 0.25) is 0 Å². The number of carbonyl (C=O) groups is 1. The molecule has 0 saturated heterocycles. The van der Waals surface area contributed by atoms with E-state index in [1.54, 1.807) is 7.11 Å². The first-order valence-electron chi connectivity index (χ1n) is 5.28. The SMILES string of the molecule is COc1ccc(C2CCC(=O)C=C2O)cc1. The average Bonchev–Trinajstić information content (AvgIpc) is 2.29. The highest BCUT2D eigenvalue weighted by atomic mass is 16.5. The molecule has 84 valence electrons. The summed E-state index contributed by atoms with van der Waals surface area (Å²) < 4.78 is 5.07. The third kappa shape index (κ3) is 2.08. The molecule has 1 N–H and O–H groups in total. The van der Waals surface area contributed by atoms with Gasteiger partial charge in [-0.05, 0) is 24.1 Å². The Bertz CT molecular complexity index is 417. The molecule has 1 aliphatic carbocycles. The molecule has 0 bridgehead atoms. The van der Waals surface area contributed by atoms with Crippen LogP contribution in [0, 0.1) is 0 Å². The van der Waals surface area contributed by atoms with Crippen molar-refractivity contribution in [2.45, 2.75) is 18.8 Å². The summed E-state index contributed by atoms with van der Waals surface area (Å²) in [5.41, 5.74) is 1.02. The van der Waals surface area contributed by atoms with E-state index >= 15 is 0 Å². The molecule has 1 unspecified atom stereocenters. The van der Waals surface area contributed by atoms with E-state index in [4.69, 9.17) is 4.74 Å². The van der Waals surface area contributed by atoms with Gasteiger partial charge in [-0.15, -0.1) is 0 Å². The molecular formula is C13H14O3. The maximum absolute atomic E-state index is 11.1. The Balaban J connectivity index is 2.24. The van der Waals surface area contributed by atoms with Gasteiger partial charge in [-0.25, -0.2) is 0 Å². The molecule has 1 aliphatic rings. The number of ether oxygens (including phenoxy) is 1. The molecule has 0 saturated carbocycles. The Kier molecular flexibility index (Phi) is 2.95. The van der Waals surface area contributed by atoms with Crippen LogP contribution >= 0.6 is 0 Å². The zero-order valence-corrected chi connectivity index (χ0v) is 9.14. The normalized spacial score (nSPS) is 20.4. The van der Waals surface area contributed by atoms with Crippen molar-refractivity contribution in [2.24, 2.45) is 0 Å². The molecule has 1 aromatic rings. The summed E-state index contributed by atoms with van der Waals surface area (Å²) in [5, 5.41) is 9.73. The molecule has 0 spiro atoms. The molecule has 0 aromatic heterocycles. The number of hydrogen-bond donors (Lipinski definition) is 1. The number of ketones is 1. The predicted octanol–water partition coefficient (Wildman–Crippen LogP) is 2.58. The first-order valence-corrected chi connectivity index (χ1v) is 5.28. The summed E-state index contributed by atoms with van der Waals surface area (Å²) >= 11 is 0. The topological polar surface area (TPSA) is 46.5 Å². The number of aliphatic hydroxyl groups is 1. The van der Waals surface area contributed by atoms with Crippen LogP contribution in [0.4, 0.5) is 0 Å². The zero-order chi connectivity index (χ0) is 11.5. The predicted molar refractivity (Wildman–Crippen MR) is 60.7 cm³/mol. The first kappa shape index (κ1) is 10.7. The van der Waals surface area contributed by atoms with Gasteiger partial charge in [0.2, 0.25) is 0 Å². The fraction of sp³-hybridized carbons (Fsp3) is 0.308. The fourth-order valence-corrected chi connectivity index (χ4v) is 1.95. The van der Waals surface area contributed by atoms with E-state index in [2.05, 4.69) is 0 Å². The second-order valence-electron chi connectivity index (χ2n) is 3.90. The summed E-state index contributed by atoms with van der Waals surface area (Å²) in [6.07, 6.45) is 2.51. The lowest BCUT2D eigenvalue weighted by Crippen LogP contribution is -2.12. The van der Waals surface area contributed by atoms with Gasteiger partial charge in [0.05, 0.1) is 7.11 Å². The van der Waals surface area contributed by atoms with E-state index in [0.29, 0.717) is 12.8 Å². The highest BCUT2D eigenvalue weighted by Gasteiger charge is 2.22. The molecule has 3 nitrogen and oxygen atoms in total. The minimum absolute atomic E-state index is 0.00209. The lowest BCUT2D eigenvalue weighted by Gasteiger charge is -2.19. The van der Waals surface area contributed by atoms with Crippen LogP contribution in [-0.2, 0) is 4.79 Å². The molecule has 16 heavy (non-hydrogen) atoms. The zero-order valence-electron chi connectivity index (χ0n) is 9.14. The number of allylic oxidation sites excluding steroid dienone is 2. The third-order valence-corrected chi connectivity index (χ3v) is 2.86. The van der Waals surface area contributed by atoms with Crippen molar-refractivity contribution in [3.8, 4) is 5.75 Å². The van der Waals surface area contributed by atoms with Gasteiger partial charge in [0.25, 0.3) is 0 Å². The molecule has 0 heterocycles. The van der Waals surface area contributed by atoms with E-state index in [-0.39, 0.29) is 17.5 Å². The Morgan fingerprint density at radius 1 is 1.31 bits per heavy atom. The summed E-state index contributed by atoms with van der Waals surface area (Å²) in [4.78, 5) is 11.1. The standard InChI is InChI=1S/C13H14O3/c1-16-11-5-2-9(3-6-11)12-7-4-10(14)8-13(12)15/h2-3,5-6,8,12,15H,4,7H2,1H3. The number of carbonyl (C=O) groups excluding carboxylic acids is 1. The van der Waals surface area contributed by atoms with E-state index in [9.17, 15) is 9.90 Å². The highest BCUT2D eigenvalue weighted by Crippen LogP contribution is 2.31. The summed E-state index contributed by atoms with van der Waals surface area (Å²) in [6.45, 7) is 0. The molecule has 1 atom stereocenters. The van der Waals surface area contributed by atoms with Crippen LogP contribution in [0.3, 0.4) is 0 Å². The number of benzene rings is 1. The van der Waals surface area contributed by atoms with Crippen LogP contribution in [0.15, 0.2) is 36.1 Å². The minimum atomic E-state index is -0.0522. The molecule has 0 aliphatic heterocycles. The summed E-state index contributed by atoms with van der Waals surface area (Å²) in [7, 11) is 1.62. The van der Waals surface area contributed by atoms with Gasteiger partial charge in [0.1, 0.15) is 11.5 Å². The highest BCUT2D eigenvalue weighted by molar-refractivity contribution is 5.91. The fourth-order valence-electron chi connectivity index (χ4n) is 1.95. The molecule has 0 radical (unpaired) electrons. The van der Waals surface area contributed by atoms with Crippen LogP contribution in [-0.4, -0.2) is 18.0 Å². The quantitative estimate of drug-likeness (QED) is 0.829. The van der Waals surface area contributed by atoms with E-state index in [1.165, 1.54) is 6.08 Å². The monoisotopic (exact) mass is 218 g/mol. The number of rotatable bonds is 2. The minimum Gasteiger partial charge on any atom is -0.512 e. The van der Waals surface area contributed by atoms with Crippen LogP contribution in [0.25, 0.3) is 0 Å². The first-order chi connectivity index (χ1) is 7.70. The van der Waals surface area contributed by atoms with Crippen molar-refractivity contribution < 1.29 is 14.6 Å². The van der Waals surface area contributed by atoms with Gasteiger partial charge >= 0.3 is 0 Å². The molecule has 1 aromatic carbocycles. The largest absolute Gasteiger partial charge is 0.512 e. The average molecular weight is 218 g/mol. The van der Waals surface area contributed by atoms with Crippen LogP contribution in [0.5, 0.6) is 5.75 Å². The summed E-state index contributed by atoms with van der Waals surface area (Å²) in [5.74, 6) is 0.909. The number of aliphatic hydroxyl groups excluding tert-OH is 1. The van der Waals surface area contributed by atoms with E-state index in [1.807, 2.05) is 24.3 Å². The van der Waals surface area contributed by atoms with Crippen molar-refractivity contribution >= 4 is 5.78 Å². The van der Waals surface area contributed by atoms with Gasteiger partial charge in [-0.2, -0.15) is 0 Å². The third-order valence-electron chi connectivity index (χ3n) is 2.86. The van der Waals surface area contributed by atoms with Crippen molar-refractivity contribution in [2.75, 3.05) is 7.11 Å². The van der Waals surface area contributed by atoms with Gasteiger partial charge in [-0.3, -0.25) is 4.79 Å². The van der Waals surface area contributed by atoms with Crippen LogP contribution < -0.4 is 4.74 Å². The van der Waals surface area contributed by atoms with Gasteiger partial charge in [-0.1, -0.05) is 12.1 Å². The molecule has 0 amide bonds. The van der Waals surface area contributed by atoms with Crippen molar-refractivity contribution in [1.82, 2.24) is 0 Å². The van der Waals surface area contributed by atoms with Crippen molar-refractivity contribution in [1.29, 1.82) is 0 Å². The Morgan fingerprint density at radius 2 is 2.00 bits per heavy atom. The smallest absolute Gasteiger partial charge is 0.159 e. The second kappa shape index (κ2) is 4.39. The maximum Gasteiger partial charge on any atom is 0.159 e. The Morgan fingerprint density at radius 3 is 2.56 bits per heavy atom. The van der Waals surface area contributed by atoms with Gasteiger partial charge in [0.15, 0.2) is 5.78 Å². The van der Waals surface area contributed by atoms with Gasteiger partial charge < -0.3 is 9.84 Å². The molecule has 2 rings (SSSR count). The maximum atomic E-state index is 11.1. The number of hydrogen-bond acceptors (Lipinski definition) is 3. The second-order valence-corrected chi connectivity index (χ2v) is 3.90. The lowest BCUT2D eigenvalue weighted by atomic mass is 9.87. The van der Waals surface area contributed by atoms with Crippen molar-refractivity contribution in [3.63, 3.8) is 0 Å². The molecule has 3 heteroatoms. The Labute approximate surface area is 94.4 Å². The molecule has 0 fully saturated rings. The molecular weight excluding hydrogens is 204 g/mol. The van der Waals surface area contributed by atoms with Gasteiger partial charge in [0, 0.05) is 18.4 Å². The van der Waals surface area contributed by atoms with Crippen molar-refractivity contribution in [3.05, 3.63) is 41.7 Å². The summed E-state index contributed by atoms with van der Waals surface area (Å²) in [6, 6.07) is 7.56. The van der Waals surface area contributed by atoms with E-state index < -0.39 is 0 Å². The Hall–Kier alpha value is -1.77.